The summed E-state index contributed by atoms with van der Waals surface area (Å²) in [7, 11) is 0. The van der Waals surface area contributed by atoms with E-state index in [2.05, 4.69) is 5.32 Å². The number of nitrogens with one attached hydrogen (secondary N) is 1. The molecule has 1 unspecified atom stereocenters. The first-order chi connectivity index (χ1) is 18.2. The van der Waals surface area contributed by atoms with Crippen molar-refractivity contribution in [3.8, 4) is 0 Å². The number of rotatable bonds is 13. The van der Waals surface area contributed by atoms with Crippen LogP contribution in [0.2, 0.25) is 0 Å². The lowest BCUT2D eigenvalue weighted by atomic mass is 10.0. The molecule has 2 rings (SSSR count). The molecular weight excluding hydrogens is 510 g/mol. The van der Waals surface area contributed by atoms with Gasteiger partial charge in [0.1, 0.15) is 0 Å². The van der Waals surface area contributed by atoms with Gasteiger partial charge in [0.15, 0.2) is 0 Å². The van der Waals surface area contributed by atoms with Gasteiger partial charge < -0.3 is 25.7 Å². The molecule has 1 aliphatic rings. The van der Waals surface area contributed by atoms with Gasteiger partial charge in [0.05, 0.1) is 26.2 Å². The van der Waals surface area contributed by atoms with E-state index in [4.69, 9.17) is 0 Å². The van der Waals surface area contributed by atoms with Gasteiger partial charge in [-0.05, 0) is 38.5 Å². The van der Waals surface area contributed by atoms with E-state index >= 15 is 0 Å². The van der Waals surface area contributed by atoms with Crippen molar-refractivity contribution in [1.82, 2.24) is 19.6 Å². The summed E-state index contributed by atoms with van der Waals surface area (Å²) in [6, 6.07) is 6.84. The lowest BCUT2D eigenvalue weighted by Crippen LogP contribution is -2.45. The molecule has 13 heteroatoms. The molecule has 1 aromatic carbocycles. The zero-order valence-corrected chi connectivity index (χ0v) is 22.9. The van der Waals surface area contributed by atoms with Gasteiger partial charge in [-0.1, -0.05) is 12.1 Å². The van der Waals surface area contributed by atoms with E-state index in [1.165, 1.54) is 4.90 Å². The van der Waals surface area contributed by atoms with Crippen molar-refractivity contribution in [3.63, 3.8) is 0 Å². The topological polar surface area (TPSA) is 174 Å². The van der Waals surface area contributed by atoms with Crippen LogP contribution >= 0.6 is 0 Å². The SMILES string of the molecule is CC(C)(C)Nc1ccc(C(CN2CCN(CC(=O)O)CCN(CC(=O)O)CC2)N(CC(=O)O)CC(=O)O)cc1. The Morgan fingerprint density at radius 3 is 1.51 bits per heavy atom. The van der Waals surface area contributed by atoms with E-state index in [-0.39, 0.29) is 25.2 Å². The van der Waals surface area contributed by atoms with Crippen LogP contribution in [0, 0.1) is 0 Å². The van der Waals surface area contributed by atoms with Gasteiger partial charge in [0.25, 0.3) is 0 Å². The minimum atomic E-state index is -1.16. The number of hydrogen-bond acceptors (Lipinski definition) is 9. The van der Waals surface area contributed by atoms with E-state index in [1.807, 2.05) is 49.9 Å². The average molecular weight is 552 g/mol. The lowest BCUT2D eigenvalue weighted by Gasteiger charge is -2.35. The molecule has 1 aromatic rings. The normalized spacial score (nSPS) is 17.1. The highest BCUT2D eigenvalue weighted by Gasteiger charge is 2.28. The van der Waals surface area contributed by atoms with Gasteiger partial charge in [-0.3, -0.25) is 38.8 Å². The predicted octanol–water partition coefficient (Wildman–Crippen LogP) is 0.498. The molecule has 1 atom stereocenters. The van der Waals surface area contributed by atoms with Gasteiger partial charge in [0, 0.05) is 63.1 Å². The molecule has 13 nitrogen and oxygen atoms in total. The monoisotopic (exact) mass is 551 g/mol. The van der Waals surface area contributed by atoms with Crippen LogP contribution in [-0.2, 0) is 19.2 Å². The molecule has 1 saturated heterocycles. The van der Waals surface area contributed by atoms with Gasteiger partial charge in [0.2, 0.25) is 0 Å². The Balaban J connectivity index is 2.38. The van der Waals surface area contributed by atoms with Crippen LogP contribution < -0.4 is 5.32 Å². The maximum Gasteiger partial charge on any atom is 0.317 e. The smallest absolute Gasteiger partial charge is 0.317 e. The Morgan fingerprint density at radius 2 is 1.15 bits per heavy atom. The van der Waals surface area contributed by atoms with Crippen molar-refractivity contribution < 1.29 is 39.6 Å². The predicted molar refractivity (Wildman–Crippen MR) is 144 cm³/mol. The summed E-state index contributed by atoms with van der Waals surface area (Å²) >= 11 is 0. The molecule has 0 radical (unpaired) electrons. The van der Waals surface area contributed by atoms with E-state index in [9.17, 15) is 39.6 Å². The lowest BCUT2D eigenvalue weighted by molar-refractivity contribution is -0.143. The Kier molecular flexibility index (Phi) is 12.1. The Bertz CT molecular complexity index is 938. The second kappa shape index (κ2) is 14.8. The van der Waals surface area contributed by atoms with Crippen molar-refractivity contribution in [2.75, 3.05) is 77.3 Å². The van der Waals surface area contributed by atoms with Crippen LogP contribution in [0.25, 0.3) is 0 Å². The van der Waals surface area contributed by atoms with Crippen molar-refractivity contribution in [2.45, 2.75) is 32.4 Å². The van der Waals surface area contributed by atoms with Crippen LogP contribution in [0.1, 0.15) is 32.4 Å². The highest BCUT2D eigenvalue weighted by molar-refractivity contribution is 5.73. The van der Waals surface area contributed by atoms with Crippen molar-refractivity contribution >= 4 is 29.6 Å². The van der Waals surface area contributed by atoms with Gasteiger partial charge in [-0.2, -0.15) is 0 Å². The fourth-order valence-electron chi connectivity index (χ4n) is 4.59. The third-order valence-corrected chi connectivity index (χ3v) is 6.28. The second-order valence-electron chi connectivity index (χ2n) is 10.8. The Hall–Kier alpha value is -3.26. The molecule has 0 aromatic heterocycles. The molecule has 5 N–H and O–H groups in total. The third-order valence-electron chi connectivity index (χ3n) is 6.28. The molecule has 39 heavy (non-hydrogen) atoms. The maximum absolute atomic E-state index is 11.7. The standard InChI is InChI=1S/C26H41N5O8/c1-26(2,3)27-20-6-4-19(5-7-20)21(31(17-24(36)37)18-25(38)39)14-28-8-10-29(15-22(32)33)12-13-30(11-9-28)16-23(34)35/h4-7,21,27H,8-18H2,1-3H3,(H,32,33)(H,34,35)(H,36,37)(H,38,39). The van der Waals surface area contributed by atoms with Crippen LogP contribution in [0.15, 0.2) is 24.3 Å². The third kappa shape index (κ3) is 12.4. The van der Waals surface area contributed by atoms with Gasteiger partial charge in [-0.15, -0.1) is 0 Å². The second-order valence-corrected chi connectivity index (χ2v) is 10.8. The Morgan fingerprint density at radius 1 is 0.744 bits per heavy atom. The number of nitrogens with zero attached hydrogens (tertiary/aromatic N) is 4. The zero-order chi connectivity index (χ0) is 29.2. The van der Waals surface area contributed by atoms with Gasteiger partial charge >= 0.3 is 23.9 Å². The quantitative estimate of drug-likeness (QED) is 0.229. The first-order valence-corrected chi connectivity index (χ1v) is 12.9. The van der Waals surface area contributed by atoms with Crippen LogP contribution in [0.3, 0.4) is 0 Å². The van der Waals surface area contributed by atoms with E-state index < -0.39 is 43.0 Å². The molecule has 1 aliphatic heterocycles. The molecule has 1 fully saturated rings. The minimum Gasteiger partial charge on any atom is -0.480 e. The highest BCUT2D eigenvalue weighted by atomic mass is 16.4. The minimum absolute atomic E-state index is 0.174. The summed E-state index contributed by atoms with van der Waals surface area (Å²) in [5.41, 5.74) is 1.43. The van der Waals surface area contributed by atoms with Crippen LogP contribution in [0.5, 0.6) is 0 Å². The first-order valence-electron chi connectivity index (χ1n) is 12.9. The average Bonchev–Trinajstić information content (AvgIpc) is 2.87. The first kappa shape index (κ1) is 32.0. The molecule has 0 saturated carbocycles. The molecule has 218 valence electrons. The van der Waals surface area contributed by atoms with Crippen LogP contribution in [0.4, 0.5) is 5.69 Å². The highest BCUT2D eigenvalue weighted by Crippen LogP contribution is 2.25. The van der Waals surface area contributed by atoms with Crippen molar-refractivity contribution in [3.05, 3.63) is 29.8 Å². The summed E-state index contributed by atoms with van der Waals surface area (Å²) in [5.74, 6) is -4.28. The fourth-order valence-corrected chi connectivity index (χ4v) is 4.59. The number of hydrogen-bond donors (Lipinski definition) is 5. The number of carboxylic acids is 4. The molecule has 0 aliphatic carbocycles. The molecule has 1 heterocycles. The number of aliphatic carboxylic acids is 4. The molecular formula is C26H41N5O8. The Labute approximate surface area is 228 Å². The van der Waals surface area contributed by atoms with E-state index in [0.717, 1.165) is 11.3 Å². The summed E-state index contributed by atoms with van der Waals surface area (Å²) in [6.45, 7) is 7.50. The number of benzene rings is 1. The van der Waals surface area contributed by atoms with E-state index in [0.29, 0.717) is 39.3 Å². The van der Waals surface area contributed by atoms with Crippen molar-refractivity contribution in [1.29, 1.82) is 0 Å². The maximum atomic E-state index is 11.7. The van der Waals surface area contributed by atoms with Crippen molar-refractivity contribution in [2.24, 2.45) is 0 Å². The molecule has 0 spiro atoms. The van der Waals surface area contributed by atoms with E-state index in [1.54, 1.807) is 9.80 Å². The zero-order valence-electron chi connectivity index (χ0n) is 22.9. The fraction of sp³-hybridized carbons (Fsp3) is 0.615. The number of carbonyl (C=O) groups is 4. The summed E-state index contributed by atoms with van der Waals surface area (Å²) in [5, 5.41) is 41.1. The molecule has 0 bridgehead atoms. The number of carboxylic acid groups (broad SMARTS) is 4. The molecule has 0 amide bonds. The van der Waals surface area contributed by atoms with Crippen LogP contribution in [-0.4, -0.2) is 141 Å². The number of anilines is 1. The summed E-state index contributed by atoms with van der Waals surface area (Å²) in [4.78, 5) is 53.0. The van der Waals surface area contributed by atoms with Gasteiger partial charge in [-0.25, -0.2) is 0 Å². The summed E-state index contributed by atoms with van der Waals surface area (Å²) in [6.07, 6.45) is 0. The largest absolute Gasteiger partial charge is 0.480 e. The summed E-state index contributed by atoms with van der Waals surface area (Å²) < 4.78 is 0.